The van der Waals surface area contributed by atoms with E-state index in [-0.39, 0.29) is 17.7 Å². The second kappa shape index (κ2) is 5.79. The monoisotopic (exact) mass is 332 g/mol. The summed E-state index contributed by atoms with van der Waals surface area (Å²) >= 11 is 4.65. The molecule has 2 N–H and O–H groups in total. The summed E-state index contributed by atoms with van der Waals surface area (Å²) in [6.07, 6.45) is 4.07. The van der Waals surface area contributed by atoms with E-state index in [4.69, 9.17) is 5.11 Å². The van der Waals surface area contributed by atoms with Crippen LogP contribution in [-0.2, 0) is 9.59 Å². The zero-order chi connectivity index (χ0) is 13.1. The molecule has 1 aliphatic rings. The zero-order valence-corrected chi connectivity index (χ0v) is 12.0. The van der Waals surface area contributed by atoms with E-state index in [0.29, 0.717) is 30.8 Å². The first-order valence-corrected chi connectivity index (χ1v) is 7.32. The average Bonchev–Trinajstić information content (AvgIpc) is 2.75. The van der Waals surface area contributed by atoms with Crippen molar-refractivity contribution in [3.05, 3.63) is 9.98 Å². The van der Waals surface area contributed by atoms with Crippen LogP contribution in [0, 0.1) is 11.8 Å². The van der Waals surface area contributed by atoms with Gasteiger partial charge in [0.1, 0.15) is 0 Å². The molecule has 2 rings (SSSR count). The van der Waals surface area contributed by atoms with Crippen molar-refractivity contribution in [2.75, 3.05) is 5.32 Å². The van der Waals surface area contributed by atoms with E-state index in [2.05, 4.69) is 26.2 Å². The maximum absolute atomic E-state index is 11.9. The Morgan fingerprint density at radius 2 is 1.94 bits per heavy atom. The van der Waals surface area contributed by atoms with Gasteiger partial charge in [-0.05, 0) is 41.6 Å². The Balaban J connectivity index is 1.86. The molecular formula is C11H13BrN2O3S. The molecule has 0 unspecified atom stereocenters. The lowest BCUT2D eigenvalue weighted by Crippen LogP contribution is -2.29. The van der Waals surface area contributed by atoms with Gasteiger partial charge in [0.25, 0.3) is 0 Å². The quantitative estimate of drug-likeness (QED) is 0.891. The predicted molar refractivity (Wildman–Crippen MR) is 71.5 cm³/mol. The molecule has 0 aliphatic heterocycles. The molecule has 7 heteroatoms. The molecule has 0 radical (unpaired) electrons. The third-order valence-corrected chi connectivity index (χ3v) is 4.55. The number of carbonyl (C=O) groups excluding carboxylic acids is 1. The highest BCUT2D eigenvalue weighted by molar-refractivity contribution is 9.11. The average molecular weight is 333 g/mol. The molecule has 0 saturated heterocycles. The van der Waals surface area contributed by atoms with Gasteiger partial charge < -0.3 is 10.4 Å². The van der Waals surface area contributed by atoms with E-state index >= 15 is 0 Å². The molecule has 1 fully saturated rings. The standard InChI is InChI=1S/C11H13BrN2O3S/c12-8-5-13-11(18-8)14-9(15)6-1-3-7(4-2-6)10(16)17/h5-7H,1-4H2,(H,16,17)(H,13,14,15). The third kappa shape index (κ3) is 3.29. The van der Waals surface area contributed by atoms with Crippen molar-refractivity contribution in [1.82, 2.24) is 4.98 Å². The van der Waals surface area contributed by atoms with Gasteiger partial charge in [0.05, 0.1) is 15.9 Å². The molecule has 0 atom stereocenters. The Kier molecular flexibility index (Phi) is 4.34. The van der Waals surface area contributed by atoms with Gasteiger partial charge in [-0.2, -0.15) is 0 Å². The molecule has 0 spiro atoms. The Bertz CT molecular complexity index is 455. The molecular weight excluding hydrogens is 320 g/mol. The SMILES string of the molecule is O=C(O)C1CCC(C(=O)Nc2ncc(Br)s2)CC1. The lowest BCUT2D eigenvalue weighted by molar-refractivity contribution is -0.143. The number of carboxylic acids is 1. The first-order chi connectivity index (χ1) is 8.56. The van der Waals surface area contributed by atoms with Crippen LogP contribution < -0.4 is 5.32 Å². The highest BCUT2D eigenvalue weighted by atomic mass is 79.9. The molecule has 98 valence electrons. The number of carboxylic acid groups (broad SMARTS) is 1. The Hall–Kier alpha value is -0.950. The van der Waals surface area contributed by atoms with Crippen molar-refractivity contribution < 1.29 is 14.7 Å². The number of rotatable bonds is 3. The van der Waals surface area contributed by atoms with Crippen LogP contribution in [0.1, 0.15) is 25.7 Å². The lowest BCUT2D eigenvalue weighted by Gasteiger charge is -2.24. The summed E-state index contributed by atoms with van der Waals surface area (Å²) in [7, 11) is 0. The Morgan fingerprint density at radius 3 is 2.44 bits per heavy atom. The number of hydrogen-bond acceptors (Lipinski definition) is 4. The second-order valence-electron chi connectivity index (χ2n) is 4.35. The fourth-order valence-electron chi connectivity index (χ4n) is 2.12. The van der Waals surface area contributed by atoms with Crippen LogP contribution in [0.5, 0.6) is 0 Å². The molecule has 0 aromatic carbocycles. The lowest BCUT2D eigenvalue weighted by atomic mass is 9.81. The number of aliphatic carboxylic acids is 1. The predicted octanol–water partition coefficient (Wildman–Crippen LogP) is 2.74. The third-order valence-electron chi connectivity index (χ3n) is 3.15. The molecule has 5 nitrogen and oxygen atoms in total. The molecule has 1 saturated carbocycles. The van der Waals surface area contributed by atoms with Crippen LogP contribution in [0.2, 0.25) is 0 Å². The summed E-state index contributed by atoms with van der Waals surface area (Å²) in [6, 6.07) is 0. The van der Waals surface area contributed by atoms with Gasteiger partial charge in [0.15, 0.2) is 5.13 Å². The van der Waals surface area contributed by atoms with Gasteiger partial charge in [-0.25, -0.2) is 4.98 Å². The molecule has 18 heavy (non-hydrogen) atoms. The zero-order valence-electron chi connectivity index (χ0n) is 9.56. The van der Waals surface area contributed by atoms with E-state index < -0.39 is 5.97 Å². The minimum absolute atomic E-state index is 0.0549. The molecule has 1 aromatic rings. The molecule has 1 heterocycles. The smallest absolute Gasteiger partial charge is 0.306 e. The van der Waals surface area contributed by atoms with E-state index in [1.54, 1.807) is 6.20 Å². The van der Waals surface area contributed by atoms with Crippen molar-refractivity contribution >= 4 is 44.3 Å². The number of nitrogens with one attached hydrogen (secondary N) is 1. The molecule has 1 aliphatic carbocycles. The van der Waals surface area contributed by atoms with Crippen molar-refractivity contribution in [3.8, 4) is 0 Å². The van der Waals surface area contributed by atoms with Crippen molar-refractivity contribution in [3.63, 3.8) is 0 Å². The summed E-state index contributed by atoms with van der Waals surface area (Å²) in [4.78, 5) is 26.8. The summed E-state index contributed by atoms with van der Waals surface area (Å²) in [5, 5.41) is 12.2. The van der Waals surface area contributed by atoms with E-state index in [0.717, 1.165) is 3.79 Å². The number of thiazole rings is 1. The van der Waals surface area contributed by atoms with Gasteiger partial charge >= 0.3 is 5.97 Å². The van der Waals surface area contributed by atoms with Crippen LogP contribution in [0.25, 0.3) is 0 Å². The van der Waals surface area contributed by atoms with Crippen molar-refractivity contribution in [1.29, 1.82) is 0 Å². The van der Waals surface area contributed by atoms with Crippen molar-refractivity contribution in [2.45, 2.75) is 25.7 Å². The van der Waals surface area contributed by atoms with Crippen LogP contribution in [-0.4, -0.2) is 22.0 Å². The highest BCUT2D eigenvalue weighted by Crippen LogP contribution is 2.30. The van der Waals surface area contributed by atoms with Crippen LogP contribution in [0.15, 0.2) is 9.98 Å². The first kappa shape index (κ1) is 13.5. The number of anilines is 1. The Labute approximate surface area is 117 Å². The summed E-state index contributed by atoms with van der Waals surface area (Å²) in [5.74, 6) is -1.19. The number of hydrogen-bond donors (Lipinski definition) is 2. The summed E-state index contributed by atoms with van der Waals surface area (Å²) in [5.41, 5.74) is 0. The second-order valence-corrected chi connectivity index (χ2v) is 6.76. The highest BCUT2D eigenvalue weighted by Gasteiger charge is 2.29. The maximum Gasteiger partial charge on any atom is 0.306 e. The minimum atomic E-state index is -0.752. The maximum atomic E-state index is 11.9. The van der Waals surface area contributed by atoms with Gasteiger partial charge in [0.2, 0.25) is 5.91 Å². The van der Waals surface area contributed by atoms with E-state index in [1.807, 2.05) is 0 Å². The molecule has 0 bridgehead atoms. The Morgan fingerprint density at radius 1 is 1.33 bits per heavy atom. The minimum Gasteiger partial charge on any atom is -0.481 e. The van der Waals surface area contributed by atoms with E-state index in [9.17, 15) is 9.59 Å². The van der Waals surface area contributed by atoms with Gasteiger partial charge in [-0.3, -0.25) is 9.59 Å². The number of aromatic nitrogens is 1. The van der Waals surface area contributed by atoms with Crippen LogP contribution in [0.3, 0.4) is 0 Å². The summed E-state index contributed by atoms with van der Waals surface area (Å²) < 4.78 is 0.868. The van der Waals surface area contributed by atoms with Gasteiger partial charge in [-0.1, -0.05) is 11.3 Å². The summed E-state index contributed by atoms with van der Waals surface area (Å²) in [6.45, 7) is 0. The van der Waals surface area contributed by atoms with Crippen LogP contribution in [0.4, 0.5) is 5.13 Å². The number of nitrogens with zero attached hydrogens (tertiary/aromatic N) is 1. The fraction of sp³-hybridized carbons (Fsp3) is 0.545. The van der Waals surface area contributed by atoms with Crippen molar-refractivity contribution in [2.24, 2.45) is 11.8 Å². The normalized spacial score (nSPS) is 23.6. The van der Waals surface area contributed by atoms with Gasteiger partial charge in [-0.15, -0.1) is 0 Å². The molecule has 1 aromatic heterocycles. The van der Waals surface area contributed by atoms with Crippen LogP contribution >= 0.6 is 27.3 Å². The number of halogens is 1. The fourth-order valence-corrected chi connectivity index (χ4v) is 3.23. The van der Waals surface area contributed by atoms with Gasteiger partial charge in [0, 0.05) is 5.92 Å². The number of amides is 1. The topological polar surface area (TPSA) is 79.3 Å². The largest absolute Gasteiger partial charge is 0.481 e. The number of carbonyl (C=O) groups is 2. The van der Waals surface area contributed by atoms with E-state index in [1.165, 1.54) is 11.3 Å². The first-order valence-electron chi connectivity index (χ1n) is 5.71. The molecule has 1 amide bonds.